The average Bonchev–Trinajstić information content (AvgIpc) is 2.42. The van der Waals surface area contributed by atoms with E-state index in [9.17, 15) is 0 Å². The van der Waals surface area contributed by atoms with Crippen LogP contribution in [-0.4, -0.2) is 12.4 Å². The van der Waals surface area contributed by atoms with Crippen LogP contribution in [0, 0.1) is 11.8 Å². The molecule has 0 saturated heterocycles. The second kappa shape index (κ2) is 7.73. The molecule has 1 nitrogen and oxygen atoms in total. The average molecular weight is 321 g/mol. The first-order chi connectivity index (χ1) is 9.20. The molecule has 2 rings (SSSR count). The van der Waals surface area contributed by atoms with Crippen molar-refractivity contribution in [2.24, 2.45) is 11.8 Å². The number of rotatable bonds is 5. The van der Waals surface area contributed by atoms with Crippen LogP contribution in [0.1, 0.15) is 31.2 Å². The summed E-state index contributed by atoms with van der Waals surface area (Å²) in [6.45, 7) is 1.82. The third kappa shape index (κ3) is 4.53. The lowest BCUT2D eigenvalue weighted by Gasteiger charge is -2.30. The maximum Gasteiger partial charge on any atom is 0.0465 e. The zero-order valence-electron chi connectivity index (χ0n) is 11.0. The topological polar surface area (TPSA) is 12.0 Å². The third-order valence-electron chi connectivity index (χ3n) is 4.00. The van der Waals surface area contributed by atoms with Crippen molar-refractivity contribution in [2.45, 2.75) is 32.2 Å². The summed E-state index contributed by atoms with van der Waals surface area (Å²) in [5.41, 5.74) is 1.10. The largest absolute Gasteiger partial charge is 0.312 e. The molecule has 0 aliphatic heterocycles. The highest BCUT2D eigenvalue weighted by atomic mass is 35.5. The van der Waals surface area contributed by atoms with Gasteiger partial charge in [0, 0.05) is 22.5 Å². The van der Waals surface area contributed by atoms with E-state index in [2.05, 4.69) is 5.32 Å². The van der Waals surface area contributed by atoms with Crippen LogP contribution >= 0.6 is 34.8 Å². The molecular formula is C15H20Cl3N. The van der Waals surface area contributed by atoms with Gasteiger partial charge in [0.25, 0.3) is 0 Å². The van der Waals surface area contributed by atoms with E-state index in [-0.39, 0.29) is 0 Å². The van der Waals surface area contributed by atoms with Gasteiger partial charge < -0.3 is 5.32 Å². The number of halogens is 3. The fourth-order valence-electron chi connectivity index (χ4n) is 2.81. The Morgan fingerprint density at radius 2 is 1.84 bits per heavy atom. The van der Waals surface area contributed by atoms with Gasteiger partial charge in [0.15, 0.2) is 0 Å². The third-order valence-corrected chi connectivity index (χ3v) is 4.99. The number of alkyl halides is 1. The number of nitrogens with one attached hydrogen (secondary N) is 1. The second-order valence-corrected chi connectivity index (χ2v) is 6.48. The van der Waals surface area contributed by atoms with E-state index in [4.69, 9.17) is 34.8 Å². The van der Waals surface area contributed by atoms with Gasteiger partial charge in [0.05, 0.1) is 0 Å². The van der Waals surface area contributed by atoms with Crippen LogP contribution in [-0.2, 0) is 6.54 Å². The monoisotopic (exact) mass is 319 g/mol. The van der Waals surface area contributed by atoms with Crippen molar-refractivity contribution in [3.8, 4) is 0 Å². The first-order valence-corrected chi connectivity index (χ1v) is 8.20. The van der Waals surface area contributed by atoms with Crippen molar-refractivity contribution in [2.75, 3.05) is 12.4 Å². The van der Waals surface area contributed by atoms with Gasteiger partial charge in [-0.3, -0.25) is 0 Å². The highest BCUT2D eigenvalue weighted by Crippen LogP contribution is 2.30. The molecule has 2 atom stereocenters. The molecule has 1 saturated carbocycles. The molecule has 0 amide bonds. The SMILES string of the molecule is ClCC1CCCCC1CNCc1ccc(Cl)cc1Cl. The first-order valence-electron chi connectivity index (χ1n) is 6.91. The summed E-state index contributed by atoms with van der Waals surface area (Å²) in [7, 11) is 0. The summed E-state index contributed by atoms with van der Waals surface area (Å²) in [6, 6.07) is 5.66. The maximum atomic E-state index is 6.16. The Kier molecular flexibility index (Phi) is 6.28. The summed E-state index contributed by atoms with van der Waals surface area (Å²) >= 11 is 18.1. The predicted molar refractivity (Wildman–Crippen MR) is 84.3 cm³/mol. The van der Waals surface area contributed by atoms with Gasteiger partial charge in [-0.05, 0) is 48.9 Å². The van der Waals surface area contributed by atoms with Gasteiger partial charge in [-0.15, -0.1) is 11.6 Å². The Morgan fingerprint density at radius 3 is 2.53 bits per heavy atom. The van der Waals surface area contributed by atoms with E-state index < -0.39 is 0 Å². The molecule has 19 heavy (non-hydrogen) atoms. The zero-order valence-corrected chi connectivity index (χ0v) is 13.2. The number of benzene rings is 1. The highest BCUT2D eigenvalue weighted by Gasteiger charge is 2.23. The van der Waals surface area contributed by atoms with Crippen LogP contribution in [0.2, 0.25) is 10.0 Å². The molecule has 4 heteroatoms. The summed E-state index contributed by atoms with van der Waals surface area (Å²) in [4.78, 5) is 0. The molecule has 2 unspecified atom stereocenters. The minimum Gasteiger partial charge on any atom is -0.312 e. The Morgan fingerprint density at radius 1 is 1.11 bits per heavy atom. The van der Waals surface area contributed by atoms with Crippen LogP contribution in [0.15, 0.2) is 18.2 Å². The van der Waals surface area contributed by atoms with Gasteiger partial charge in [-0.1, -0.05) is 42.1 Å². The smallest absolute Gasteiger partial charge is 0.0465 e. The van der Waals surface area contributed by atoms with E-state index in [1.165, 1.54) is 25.7 Å². The number of hydrogen-bond acceptors (Lipinski definition) is 1. The molecule has 1 aromatic rings. The molecule has 1 aliphatic carbocycles. The van der Waals surface area contributed by atoms with Gasteiger partial charge in [-0.25, -0.2) is 0 Å². The fourth-order valence-corrected chi connectivity index (χ4v) is 3.70. The predicted octanol–water partition coefficient (Wildman–Crippen LogP) is 5.13. The molecule has 0 aromatic heterocycles. The maximum absolute atomic E-state index is 6.16. The van der Waals surface area contributed by atoms with Crippen LogP contribution in [0.3, 0.4) is 0 Å². The summed E-state index contributed by atoms with van der Waals surface area (Å²) < 4.78 is 0. The molecule has 1 aromatic carbocycles. The van der Waals surface area contributed by atoms with Crippen molar-refractivity contribution in [3.05, 3.63) is 33.8 Å². The Bertz CT molecular complexity index is 408. The standard InChI is InChI=1S/C15H20Cl3N/c16-8-11-3-1-2-4-12(11)9-19-10-13-5-6-14(17)7-15(13)18/h5-7,11-12,19H,1-4,8-10H2. The van der Waals surface area contributed by atoms with Crippen LogP contribution in [0.5, 0.6) is 0 Å². The van der Waals surface area contributed by atoms with Crippen molar-refractivity contribution in [1.29, 1.82) is 0 Å². The second-order valence-electron chi connectivity index (χ2n) is 5.33. The van der Waals surface area contributed by atoms with E-state index in [1.807, 2.05) is 12.1 Å². The molecule has 0 spiro atoms. The van der Waals surface area contributed by atoms with Crippen molar-refractivity contribution in [1.82, 2.24) is 5.32 Å². The summed E-state index contributed by atoms with van der Waals surface area (Å²) in [6.07, 6.45) is 5.23. The minimum atomic E-state index is 0.670. The fraction of sp³-hybridized carbons (Fsp3) is 0.600. The van der Waals surface area contributed by atoms with Crippen LogP contribution < -0.4 is 5.32 Å². The lowest BCUT2D eigenvalue weighted by atomic mass is 9.80. The molecule has 0 bridgehead atoms. The molecule has 1 N–H and O–H groups in total. The molecule has 0 radical (unpaired) electrons. The van der Waals surface area contributed by atoms with E-state index in [1.54, 1.807) is 6.07 Å². The lowest BCUT2D eigenvalue weighted by molar-refractivity contribution is 0.250. The molecule has 1 fully saturated rings. The van der Waals surface area contributed by atoms with Crippen molar-refractivity contribution < 1.29 is 0 Å². The molecular weight excluding hydrogens is 301 g/mol. The molecule has 0 heterocycles. The Hall–Kier alpha value is 0.0500. The minimum absolute atomic E-state index is 0.670. The molecule has 106 valence electrons. The Balaban J connectivity index is 1.82. The Labute approximate surface area is 130 Å². The van der Waals surface area contributed by atoms with Gasteiger partial charge >= 0.3 is 0 Å². The number of hydrogen-bond donors (Lipinski definition) is 1. The van der Waals surface area contributed by atoms with E-state index in [0.29, 0.717) is 16.9 Å². The van der Waals surface area contributed by atoms with Gasteiger partial charge in [0.1, 0.15) is 0 Å². The van der Waals surface area contributed by atoms with E-state index in [0.717, 1.165) is 29.6 Å². The zero-order chi connectivity index (χ0) is 13.7. The molecule has 1 aliphatic rings. The normalized spacial score (nSPS) is 23.5. The quantitative estimate of drug-likeness (QED) is 0.742. The first kappa shape index (κ1) is 15.4. The van der Waals surface area contributed by atoms with Gasteiger partial charge in [0.2, 0.25) is 0 Å². The van der Waals surface area contributed by atoms with Crippen molar-refractivity contribution in [3.63, 3.8) is 0 Å². The summed E-state index contributed by atoms with van der Waals surface area (Å²) in [5.74, 6) is 2.16. The van der Waals surface area contributed by atoms with Crippen LogP contribution in [0.25, 0.3) is 0 Å². The highest BCUT2D eigenvalue weighted by molar-refractivity contribution is 6.35. The van der Waals surface area contributed by atoms with E-state index >= 15 is 0 Å². The summed E-state index contributed by atoms with van der Waals surface area (Å²) in [5, 5.41) is 4.93. The van der Waals surface area contributed by atoms with Crippen LogP contribution in [0.4, 0.5) is 0 Å². The van der Waals surface area contributed by atoms with Crippen molar-refractivity contribution >= 4 is 34.8 Å². The lowest BCUT2D eigenvalue weighted by Crippen LogP contribution is -2.31. The van der Waals surface area contributed by atoms with Gasteiger partial charge in [-0.2, -0.15) is 0 Å².